The van der Waals surface area contributed by atoms with Gasteiger partial charge in [-0.3, -0.25) is 4.79 Å². The molecule has 2 heterocycles. The molecular formula is C22H22O11. The highest BCUT2D eigenvalue weighted by atomic mass is 16.7. The predicted molar refractivity (Wildman–Crippen MR) is 112 cm³/mol. The van der Waals surface area contributed by atoms with Gasteiger partial charge in [0.2, 0.25) is 17.5 Å². The van der Waals surface area contributed by atoms with Crippen molar-refractivity contribution in [3.05, 3.63) is 40.6 Å². The molecule has 0 bridgehead atoms. The largest absolute Gasteiger partial charge is 0.507 e. The second-order valence-electron chi connectivity index (χ2n) is 7.61. The van der Waals surface area contributed by atoms with E-state index in [4.69, 9.17) is 18.6 Å². The summed E-state index contributed by atoms with van der Waals surface area (Å²) in [5.74, 6) is -1.91. The van der Waals surface area contributed by atoms with Gasteiger partial charge >= 0.3 is 0 Å². The number of methoxy groups -OCH3 is 1. The lowest BCUT2D eigenvalue weighted by molar-refractivity contribution is -0.268. The second kappa shape index (κ2) is 8.45. The SMILES string of the molecule is COc1cc(O)c2c(=O)c(O[C@@H]3OC(C)[C@H](O)C(O)[C@@H]3O)c(-c3ccc(O)c(O)c3)oc2c1. The number of hydrogen-bond donors (Lipinski definition) is 6. The van der Waals surface area contributed by atoms with Crippen LogP contribution in [0.4, 0.5) is 0 Å². The summed E-state index contributed by atoms with van der Waals surface area (Å²) < 4.78 is 22.0. The molecule has 2 unspecified atom stereocenters. The molecule has 1 fully saturated rings. The number of ether oxygens (including phenoxy) is 3. The second-order valence-corrected chi connectivity index (χ2v) is 7.61. The Bertz CT molecular complexity index is 1250. The summed E-state index contributed by atoms with van der Waals surface area (Å²) >= 11 is 0. The Morgan fingerprint density at radius 1 is 0.909 bits per heavy atom. The molecule has 1 aliphatic rings. The number of phenols is 3. The molecule has 0 saturated carbocycles. The van der Waals surface area contributed by atoms with Crippen LogP contribution in [0.15, 0.2) is 39.5 Å². The van der Waals surface area contributed by atoms with Crippen molar-refractivity contribution in [3.63, 3.8) is 0 Å². The standard InChI is InChI=1S/C22H22O11/c1-8-16(26)18(28)19(29)22(31-8)33-21-17(27)15-13(25)6-10(30-2)7-14(15)32-20(21)9-3-4-11(23)12(24)5-9/h3-8,16,18-19,22-26,28-29H,1-2H3/t8?,16-,18?,19-,22-/m0/s1. The summed E-state index contributed by atoms with van der Waals surface area (Å²) in [4.78, 5) is 13.4. The van der Waals surface area contributed by atoms with Gasteiger partial charge < -0.3 is 49.3 Å². The van der Waals surface area contributed by atoms with Gasteiger partial charge in [-0.25, -0.2) is 0 Å². The van der Waals surface area contributed by atoms with E-state index in [9.17, 15) is 35.4 Å². The van der Waals surface area contributed by atoms with E-state index >= 15 is 0 Å². The number of phenolic OH excluding ortho intramolecular Hbond substituents is 3. The lowest BCUT2D eigenvalue weighted by Crippen LogP contribution is -2.58. The molecule has 0 spiro atoms. The van der Waals surface area contributed by atoms with Gasteiger partial charge in [-0.2, -0.15) is 0 Å². The predicted octanol–water partition coefficient (Wildman–Crippen LogP) is 0.792. The van der Waals surface area contributed by atoms with Gasteiger partial charge in [0.25, 0.3) is 0 Å². The third-order valence-electron chi connectivity index (χ3n) is 5.42. The van der Waals surface area contributed by atoms with E-state index in [1.165, 1.54) is 32.2 Å². The topological polar surface area (TPSA) is 179 Å². The highest BCUT2D eigenvalue weighted by molar-refractivity contribution is 5.88. The lowest BCUT2D eigenvalue weighted by atomic mass is 10.00. The van der Waals surface area contributed by atoms with Crippen LogP contribution in [0, 0.1) is 0 Å². The minimum atomic E-state index is -1.73. The number of hydrogen-bond acceptors (Lipinski definition) is 11. The zero-order valence-corrected chi connectivity index (χ0v) is 17.5. The maximum atomic E-state index is 13.4. The van der Waals surface area contributed by atoms with Crippen LogP contribution in [-0.2, 0) is 4.74 Å². The van der Waals surface area contributed by atoms with Crippen molar-refractivity contribution in [2.45, 2.75) is 37.6 Å². The summed E-state index contributed by atoms with van der Waals surface area (Å²) in [6.07, 6.45) is -7.26. The minimum absolute atomic E-state index is 0.0688. The van der Waals surface area contributed by atoms with E-state index in [2.05, 4.69) is 0 Å². The zero-order chi connectivity index (χ0) is 24.0. The van der Waals surface area contributed by atoms with Gasteiger partial charge in [0.15, 0.2) is 17.3 Å². The van der Waals surface area contributed by atoms with Crippen molar-refractivity contribution in [2.24, 2.45) is 0 Å². The Labute approximate surface area is 186 Å². The average molecular weight is 462 g/mol. The van der Waals surface area contributed by atoms with E-state index < -0.39 is 59.1 Å². The Kier molecular flexibility index (Phi) is 5.80. The molecule has 3 aromatic rings. The third-order valence-corrected chi connectivity index (χ3v) is 5.42. The van der Waals surface area contributed by atoms with Crippen molar-refractivity contribution < 1.29 is 49.3 Å². The van der Waals surface area contributed by atoms with Crippen molar-refractivity contribution >= 4 is 11.0 Å². The maximum absolute atomic E-state index is 13.4. The summed E-state index contributed by atoms with van der Waals surface area (Å²) in [6, 6.07) is 6.17. The van der Waals surface area contributed by atoms with Crippen LogP contribution in [0.25, 0.3) is 22.3 Å². The third kappa shape index (κ3) is 3.91. The molecule has 1 aliphatic heterocycles. The van der Waals surface area contributed by atoms with Gasteiger partial charge in [0, 0.05) is 17.7 Å². The van der Waals surface area contributed by atoms with E-state index in [1.54, 1.807) is 0 Å². The number of fused-ring (bicyclic) bond motifs is 1. The van der Waals surface area contributed by atoms with Gasteiger partial charge in [-0.1, -0.05) is 0 Å². The van der Waals surface area contributed by atoms with Crippen molar-refractivity contribution in [1.82, 2.24) is 0 Å². The van der Waals surface area contributed by atoms with Crippen LogP contribution in [0.3, 0.4) is 0 Å². The van der Waals surface area contributed by atoms with Crippen LogP contribution < -0.4 is 14.9 Å². The van der Waals surface area contributed by atoms with Crippen LogP contribution >= 0.6 is 0 Å². The van der Waals surface area contributed by atoms with Gasteiger partial charge in [0.1, 0.15) is 40.8 Å². The van der Waals surface area contributed by atoms with Crippen LogP contribution in [0.5, 0.6) is 28.7 Å². The molecule has 1 saturated heterocycles. The first-order valence-corrected chi connectivity index (χ1v) is 9.88. The number of aromatic hydroxyl groups is 3. The Morgan fingerprint density at radius 2 is 1.64 bits per heavy atom. The van der Waals surface area contributed by atoms with Gasteiger partial charge in [0.05, 0.1) is 13.2 Å². The number of rotatable bonds is 4. The normalized spacial score (nSPS) is 25.2. The first-order chi connectivity index (χ1) is 15.6. The molecular weight excluding hydrogens is 440 g/mol. The molecule has 11 nitrogen and oxygen atoms in total. The Balaban J connectivity index is 1.93. The molecule has 1 aromatic heterocycles. The lowest BCUT2D eigenvalue weighted by Gasteiger charge is -2.38. The maximum Gasteiger partial charge on any atom is 0.239 e. The van der Waals surface area contributed by atoms with E-state index in [1.807, 2.05) is 0 Å². The average Bonchev–Trinajstić information content (AvgIpc) is 2.78. The summed E-state index contributed by atoms with van der Waals surface area (Å²) in [7, 11) is 1.36. The zero-order valence-electron chi connectivity index (χ0n) is 17.5. The molecule has 4 rings (SSSR count). The van der Waals surface area contributed by atoms with E-state index in [-0.39, 0.29) is 28.0 Å². The van der Waals surface area contributed by atoms with Crippen molar-refractivity contribution in [3.8, 4) is 40.1 Å². The fourth-order valence-corrected chi connectivity index (χ4v) is 3.56. The van der Waals surface area contributed by atoms with E-state index in [0.717, 1.165) is 12.1 Å². The first-order valence-electron chi connectivity index (χ1n) is 9.88. The number of aliphatic hydroxyl groups is 3. The molecule has 0 aliphatic carbocycles. The molecule has 33 heavy (non-hydrogen) atoms. The van der Waals surface area contributed by atoms with Crippen LogP contribution in [-0.4, -0.2) is 68.5 Å². The summed E-state index contributed by atoms with van der Waals surface area (Å²) in [5, 5.41) is 60.0. The smallest absolute Gasteiger partial charge is 0.239 e. The fraction of sp³-hybridized carbons (Fsp3) is 0.318. The quantitative estimate of drug-likeness (QED) is 0.302. The molecule has 2 aromatic carbocycles. The molecule has 0 radical (unpaired) electrons. The van der Waals surface area contributed by atoms with Crippen LogP contribution in [0.1, 0.15) is 6.92 Å². The van der Waals surface area contributed by atoms with Gasteiger partial charge in [-0.05, 0) is 25.1 Å². The fourth-order valence-electron chi connectivity index (χ4n) is 3.56. The summed E-state index contributed by atoms with van der Waals surface area (Å²) in [6.45, 7) is 1.44. The molecule has 11 heteroatoms. The van der Waals surface area contributed by atoms with E-state index in [0.29, 0.717) is 0 Å². The molecule has 0 amide bonds. The Hall–Kier alpha value is -3.51. The summed E-state index contributed by atoms with van der Waals surface area (Å²) in [5.41, 5.74) is -0.802. The first kappa shape index (κ1) is 22.7. The molecule has 5 atom stereocenters. The van der Waals surface area contributed by atoms with Gasteiger partial charge in [-0.15, -0.1) is 0 Å². The minimum Gasteiger partial charge on any atom is -0.507 e. The molecule has 176 valence electrons. The number of aliphatic hydroxyl groups excluding tert-OH is 3. The van der Waals surface area contributed by atoms with Crippen molar-refractivity contribution in [2.75, 3.05) is 7.11 Å². The van der Waals surface area contributed by atoms with Crippen molar-refractivity contribution in [1.29, 1.82) is 0 Å². The highest BCUT2D eigenvalue weighted by Crippen LogP contribution is 2.39. The number of benzene rings is 2. The van der Waals surface area contributed by atoms with Crippen LogP contribution in [0.2, 0.25) is 0 Å². The monoisotopic (exact) mass is 462 g/mol. The highest BCUT2D eigenvalue weighted by Gasteiger charge is 2.44. The molecule has 6 N–H and O–H groups in total. The Morgan fingerprint density at radius 3 is 2.30 bits per heavy atom.